The first-order valence-electron chi connectivity index (χ1n) is 9.09. The monoisotopic (exact) mass is 363 g/mol. The third-order valence-corrected chi connectivity index (χ3v) is 6.22. The van der Waals surface area contributed by atoms with E-state index in [1.807, 2.05) is 67.6 Å². The quantitative estimate of drug-likeness (QED) is 0.515. The zero-order chi connectivity index (χ0) is 19.3. The highest BCUT2D eigenvalue weighted by Crippen LogP contribution is 2.70. The number of fused-ring (bicyclic) bond motifs is 1. The van der Waals surface area contributed by atoms with Crippen LogP contribution in [-0.2, 0) is 30.1 Å². The Morgan fingerprint density at radius 2 is 1.56 bits per heavy atom. The fraction of sp³-hybridized carbons (Fsp3) is 0.318. The summed E-state index contributed by atoms with van der Waals surface area (Å²) in [5.74, 6) is -2.07. The highest BCUT2D eigenvalue weighted by Gasteiger charge is 2.84. The Kier molecular flexibility index (Phi) is 3.74. The maximum absolute atomic E-state index is 13.0. The van der Waals surface area contributed by atoms with Gasteiger partial charge in [-0.2, -0.15) is 0 Å². The van der Waals surface area contributed by atoms with Crippen molar-refractivity contribution in [3.63, 3.8) is 0 Å². The number of hydrogen-bond donors (Lipinski definition) is 1. The summed E-state index contributed by atoms with van der Waals surface area (Å²) >= 11 is 0. The topological polar surface area (TPSA) is 72.5 Å². The number of carbonyl (C=O) groups is 3. The number of ketones is 1. The van der Waals surface area contributed by atoms with Crippen LogP contribution in [0.3, 0.4) is 0 Å². The van der Waals surface area contributed by atoms with Crippen molar-refractivity contribution in [3.05, 3.63) is 71.8 Å². The van der Waals surface area contributed by atoms with Gasteiger partial charge in [0.05, 0.1) is 12.1 Å². The molecule has 1 aliphatic carbocycles. The lowest BCUT2D eigenvalue weighted by molar-refractivity contribution is -0.184. The first-order chi connectivity index (χ1) is 12.9. The molecule has 0 aromatic heterocycles. The van der Waals surface area contributed by atoms with Crippen molar-refractivity contribution in [2.45, 2.75) is 31.2 Å². The predicted octanol–water partition coefficient (Wildman–Crippen LogP) is 2.49. The third-order valence-electron chi connectivity index (χ3n) is 6.22. The summed E-state index contributed by atoms with van der Waals surface area (Å²) in [6.45, 7) is 3.84. The van der Waals surface area contributed by atoms with Gasteiger partial charge in [0, 0.05) is 5.41 Å². The molecule has 0 unspecified atom stereocenters. The molecule has 1 saturated carbocycles. The van der Waals surface area contributed by atoms with Crippen LogP contribution in [0.2, 0.25) is 0 Å². The second-order valence-corrected chi connectivity index (χ2v) is 7.40. The van der Waals surface area contributed by atoms with Crippen molar-refractivity contribution < 1.29 is 19.1 Å². The molecule has 1 aliphatic heterocycles. The van der Waals surface area contributed by atoms with E-state index in [4.69, 9.17) is 4.74 Å². The van der Waals surface area contributed by atoms with Crippen LogP contribution >= 0.6 is 0 Å². The van der Waals surface area contributed by atoms with Crippen molar-refractivity contribution in [2.75, 3.05) is 6.61 Å². The number of ether oxygens (including phenoxy) is 1. The van der Waals surface area contributed by atoms with Crippen molar-refractivity contribution in [1.29, 1.82) is 0 Å². The number of esters is 1. The standard InChI is InChI=1S/C22H21NO4/c1-3-27-19(26)21-14-20(2,15-10-6-4-7-11-15)22(21,23-18(25)17(21)24)16-12-8-5-9-13-16/h4-13H,3,14H2,1-2H3,(H,23,25)/t20-,21-,22-/m1/s1. The zero-order valence-corrected chi connectivity index (χ0v) is 15.3. The van der Waals surface area contributed by atoms with Crippen LogP contribution in [0.25, 0.3) is 0 Å². The number of nitrogens with one attached hydrogen (secondary N) is 1. The zero-order valence-electron chi connectivity index (χ0n) is 15.3. The van der Waals surface area contributed by atoms with Crippen LogP contribution in [0.5, 0.6) is 0 Å². The second-order valence-electron chi connectivity index (χ2n) is 7.40. The molecule has 1 saturated heterocycles. The van der Waals surface area contributed by atoms with Crippen molar-refractivity contribution in [3.8, 4) is 0 Å². The van der Waals surface area contributed by atoms with Crippen molar-refractivity contribution in [1.82, 2.24) is 5.32 Å². The molecule has 1 amide bonds. The van der Waals surface area contributed by atoms with Gasteiger partial charge in [-0.3, -0.25) is 14.4 Å². The average molecular weight is 363 g/mol. The molecule has 0 spiro atoms. The van der Waals surface area contributed by atoms with Gasteiger partial charge >= 0.3 is 5.97 Å². The van der Waals surface area contributed by atoms with Crippen LogP contribution in [0.4, 0.5) is 0 Å². The van der Waals surface area contributed by atoms with E-state index >= 15 is 0 Å². The molecule has 2 fully saturated rings. The predicted molar refractivity (Wildman–Crippen MR) is 98.7 cm³/mol. The van der Waals surface area contributed by atoms with Gasteiger partial charge in [0.15, 0.2) is 5.41 Å². The van der Waals surface area contributed by atoms with Gasteiger partial charge in [-0.1, -0.05) is 67.6 Å². The smallest absolute Gasteiger partial charge is 0.323 e. The molecular weight excluding hydrogens is 342 g/mol. The van der Waals surface area contributed by atoms with E-state index in [2.05, 4.69) is 5.32 Å². The van der Waals surface area contributed by atoms with Gasteiger partial charge in [0.25, 0.3) is 5.91 Å². The molecule has 0 bridgehead atoms. The summed E-state index contributed by atoms with van der Waals surface area (Å²) in [6, 6.07) is 19.0. The SMILES string of the molecule is CCOC(=O)[C@]12C[C@](C)(c3ccccc3)[C@@]1(c1ccccc1)NC(=O)C2=O. The fourth-order valence-electron chi connectivity index (χ4n) is 5.10. The van der Waals surface area contributed by atoms with E-state index in [9.17, 15) is 14.4 Å². The van der Waals surface area contributed by atoms with E-state index in [1.165, 1.54) is 0 Å². The molecule has 2 aliphatic rings. The lowest BCUT2D eigenvalue weighted by atomic mass is 9.38. The summed E-state index contributed by atoms with van der Waals surface area (Å²) in [6.07, 6.45) is 0.218. The number of amides is 1. The van der Waals surface area contributed by atoms with E-state index in [1.54, 1.807) is 6.92 Å². The van der Waals surface area contributed by atoms with Crippen LogP contribution in [-0.4, -0.2) is 24.3 Å². The minimum Gasteiger partial charge on any atom is -0.465 e. The average Bonchev–Trinajstić information content (AvgIpc) is 2.88. The van der Waals surface area contributed by atoms with E-state index < -0.39 is 34.0 Å². The van der Waals surface area contributed by atoms with E-state index in [-0.39, 0.29) is 13.0 Å². The summed E-state index contributed by atoms with van der Waals surface area (Å²) < 4.78 is 5.29. The Hall–Kier alpha value is -2.95. The summed E-state index contributed by atoms with van der Waals surface area (Å²) in [5, 5.41) is 2.91. The van der Waals surface area contributed by atoms with Gasteiger partial charge in [-0.25, -0.2) is 0 Å². The minimum atomic E-state index is -1.55. The Morgan fingerprint density at radius 1 is 1.00 bits per heavy atom. The third kappa shape index (κ3) is 1.91. The lowest BCUT2D eigenvalue weighted by Gasteiger charge is -2.64. The Balaban J connectivity index is 2.01. The maximum atomic E-state index is 13.0. The van der Waals surface area contributed by atoms with Gasteiger partial charge in [0.1, 0.15) is 0 Å². The molecule has 2 aromatic rings. The molecule has 0 radical (unpaired) electrons. The molecular formula is C22H21NO4. The van der Waals surface area contributed by atoms with Gasteiger partial charge in [0.2, 0.25) is 5.78 Å². The molecule has 5 nitrogen and oxygen atoms in total. The minimum absolute atomic E-state index is 0.148. The molecule has 3 atom stereocenters. The number of hydrogen-bond acceptors (Lipinski definition) is 4. The van der Waals surface area contributed by atoms with Crippen molar-refractivity contribution in [2.24, 2.45) is 5.41 Å². The molecule has 2 aromatic carbocycles. The van der Waals surface area contributed by atoms with Crippen LogP contribution < -0.4 is 5.32 Å². The van der Waals surface area contributed by atoms with Crippen LogP contribution in [0, 0.1) is 5.41 Å². The normalized spacial score (nSPS) is 31.6. The van der Waals surface area contributed by atoms with E-state index in [0.717, 1.165) is 11.1 Å². The van der Waals surface area contributed by atoms with Gasteiger partial charge < -0.3 is 10.1 Å². The van der Waals surface area contributed by atoms with Gasteiger partial charge in [-0.05, 0) is 24.5 Å². The molecule has 138 valence electrons. The fourth-order valence-corrected chi connectivity index (χ4v) is 5.10. The molecule has 27 heavy (non-hydrogen) atoms. The summed E-state index contributed by atoms with van der Waals surface area (Å²) in [5.41, 5.74) is -1.67. The molecule has 1 heterocycles. The van der Waals surface area contributed by atoms with Gasteiger partial charge in [-0.15, -0.1) is 0 Å². The van der Waals surface area contributed by atoms with Crippen LogP contribution in [0.15, 0.2) is 60.7 Å². The maximum Gasteiger partial charge on any atom is 0.323 e. The van der Waals surface area contributed by atoms with Crippen molar-refractivity contribution >= 4 is 17.7 Å². The Bertz CT molecular complexity index is 926. The molecule has 4 rings (SSSR count). The Morgan fingerprint density at radius 3 is 2.11 bits per heavy atom. The summed E-state index contributed by atoms with van der Waals surface area (Å²) in [7, 11) is 0. The highest BCUT2D eigenvalue weighted by molar-refractivity contribution is 6.46. The number of carbonyl (C=O) groups excluding carboxylic acids is 3. The molecule has 5 heteroatoms. The summed E-state index contributed by atoms with van der Waals surface area (Å²) in [4.78, 5) is 38.6. The second kappa shape index (κ2) is 5.78. The number of benzene rings is 2. The molecule has 1 N–H and O–H groups in total. The largest absolute Gasteiger partial charge is 0.465 e. The first-order valence-corrected chi connectivity index (χ1v) is 9.09. The van der Waals surface area contributed by atoms with Crippen LogP contribution in [0.1, 0.15) is 31.4 Å². The first kappa shape index (κ1) is 17.5. The Labute approximate surface area is 157 Å². The number of rotatable bonds is 4. The lowest BCUT2D eigenvalue weighted by Crippen LogP contribution is -2.76. The number of Topliss-reactive ketones (excluding diaryl/α,β-unsaturated/α-hetero) is 1. The highest BCUT2D eigenvalue weighted by atomic mass is 16.5. The van der Waals surface area contributed by atoms with E-state index in [0.29, 0.717) is 0 Å².